The standard InChI is InChI=1S/C13H23NO/c1-10-2-4-12(5-3-10)13(15)8-11-6-7-14-9-11/h10-12,14H,2-9H2,1H3. The molecule has 1 saturated heterocycles. The van der Waals surface area contributed by atoms with Crippen molar-refractivity contribution < 1.29 is 4.79 Å². The van der Waals surface area contributed by atoms with Crippen molar-refractivity contribution in [3.8, 4) is 0 Å². The van der Waals surface area contributed by atoms with Gasteiger partial charge in [-0.25, -0.2) is 0 Å². The highest BCUT2D eigenvalue weighted by Crippen LogP contribution is 2.30. The SMILES string of the molecule is CC1CCC(C(=O)CC2CCNC2)CC1. The summed E-state index contributed by atoms with van der Waals surface area (Å²) in [5.41, 5.74) is 0. The topological polar surface area (TPSA) is 29.1 Å². The summed E-state index contributed by atoms with van der Waals surface area (Å²) in [6.45, 7) is 4.48. The van der Waals surface area contributed by atoms with Crippen LogP contribution in [-0.2, 0) is 4.79 Å². The Labute approximate surface area is 92.8 Å². The molecule has 1 atom stereocenters. The first kappa shape index (κ1) is 11.1. The van der Waals surface area contributed by atoms with Crippen LogP contribution in [0.2, 0.25) is 0 Å². The van der Waals surface area contributed by atoms with Crippen LogP contribution in [0.3, 0.4) is 0 Å². The fourth-order valence-corrected chi connectivity index (χ4v) is 2.92. The highest BCUT2D eigenvalue weighted by molar-refractivity contribution is 5.81. The van der Waals surface area contributed by atoms with Crippen LogP contribution in [0.5, 0.6) is 0 Å². The van der Waals surface area contributed by atoms with Crippen LogP contribution >= 0.6 is 0 Å². The lowest BCUT2D eigenvalue weighted by atomic mass is 9.79. The Balaban J connectivity index is 1.75. The number of carbonyl (C=O) groups is 1. The van der Waals surface area contributed by atoms with Gasteiger partial charge in [0.15, 0.2) is 0 Å². The van der Waals surface area contributed by atoms with Crippen molar-refractivity contribution in [3.05, 3.63) is 0 Å². The lowest BCUT2D eigenvalue weighted by molar-refractivity contribution is -0.124. The predicted octanol–water partition coefficient (Wildman–Crippen LogP) is 2.38. The molecule has 0 spiro atoms. The average Bonchev–Trinajstić information content (AvgIpc) is 2.71. The van der Waals surface area contributed by atoms with Crippen LogP contribution in [0.25, 0.3) is 0 Å². The molecule has 0 aromatic heterocycles. The molecule has 1 aliphatic carbocycles. The van der Waals surface area contributed by atoms with E-state index in [1.165, 1.54) is 19.3 Å². The molecule has 2 rings (SSSR count). The van der Waals surface area contributed by atoms with E-state index in [1.807, 2.05) is 0 Å². The van der Waals surface area contributed by atoms with Gasteiger partial charge in [0.1, 0.15) is 5.78 Å². The molecule has 2 aliphatic rings. The smallest absolute Gasteiger partial charge is 0.136 e. The zero-order valence-electron chi connectivity index (χ0n) is 9.80. The maximum atomic E-state index is 12.0. The molecule has 1 saturated carbocycles. The molecule has 0 bridgehead atoms. The van der Waals surface area contributed by atoms with Gasteiger partial charge in [0.2, 0.25) is 0 Å². The second kappa shape index (κ2) is 5.11. The van der Waals surface area contributed by atoms with Crippen molar-refractivity contribution in [2.75, 3.05) is 13.1 Å². The van der Waals surface area contributed by atoms with Crippen molar-refractivity contribution in [1.29, 1.82) is 0 Å². The summed E-state index contributed by atoms with van der Waals surface area (Å²) in [5, 5.41) is 3.34. The Morgan fingerprint density at radius 3 is 2.53 bits per heavy atom. The normalized spacial score (nSPS) is 36.7. The van der Waals surface area contributed by atoms with E-state index >= 15 is 0 Å². The molecule has 1 aliphatic heterocycles. The second-order valence-corrected chi connectivity index (χ2v) is 5.49. The molecule has 0 radical (unpaired) electrons. The lowest BCUT2D eigenvalue weighted by Gasteiger charge is -2.25. The summed E-state index contributed by atoms with van der Waals surface area (Å²) in [7, 11) is 0. The van der Waals surface area contributed by atoms with Crippen LogP contribution in [0, 0.1) is 17.8 Å². The first-order chi connectivity index (χ1) is 7.25. The molecule has 1 unspecified atom stereocenters. The van der Waals surface area contributed by atoms with E-state index < -0.39 is 0 Å². The minimum absolute atomic E-state index is 0.404. The third kappa shape index (κ3) is 3.04. The third-order valence-electron chi connectivity index (χ3n) is 4.12. The van der Waals surface area contributed by atoms with Gasteiger partial charge in [-0.3, -0.25) is 4.79 Å². The molecule has 0 amide bonds. The predicted molar refractivity (Wildman–Crippen MR) is 61.7 cm³/mol. The molecule has 2 nitrogen and oxygen atoms in total. The Kier molecular flexibility index (Phi) is 3.79. The Morgan fingerprint density at radius 1 is 1.20 bits per heavy atom. The number of hydrogen-bond acceptors (Lipinski definition) is 2. The van der Waals surface area contributed by atoms with E-state index in [1.54, 1.807) is 0 Å². The van der Waals surface area contributed by atoms with Gasteiger partial charge in [0.05, 0.1) is 0 Å². The lowest BCUT2D eigenvalue weighted by Crippen LogP contribution is -2.23. The first-order valence-corrected chi connectivity index (χ1v) is 6.49. The Bertz CT molecular complexity index is 213. The number of hydrogen-bond donors (Lipinski definition) is 1. The highest BCUT2D eigenvalue weighted by atomic mass is 16.1. The van der Waals surface area contributed by atoms with Gasteiger partial charge in [-0.15, -0.1) is 0 Å². The largest absolute Gasteiger partial charge is 0.316 e. The molecule has 0 aromatic carbocycles. The second-order valence-electron chi connectivity index (χ2n) is 5.49. The fraction of sp³-hybridized carbons (Fsp3) is 0.923. The summed E-state index contributed by atoms with van der Waals surface area (Å²) in [6.07, 6.45) is 6.87. The zero-order valence-corrected chi connectivity index (χ0v) is 9.80. The van der Waals surface area contributed by atoms with Gasteiger partial charge in [-0.05, 0) is 44.2 Å². The summed E-state index contributed by atoms with van der Waals surface area (Å²) in [5.74, 6) is 2.44. The summed E-state index contributed by atoms with van der Waals surface area (Å²) < 4.78 is 0. The molecule has 1 N–H and O–H groups in total. The number of nitrogens with one attached hydrogen (secondary N) is 1. The minimum atomic E-state index is 0.404. The molecule has 1 heterocycles. The third-order valence-corrected chi connectivity index (χ3v) is 4.12. The van der Waals surface area contributed by atoms with Crippen molar-refractivity contribution in [2.45, 2.75) is 45.4 Å². The van der Waals surface area contributed by atoms with Crippen molar-refractivity contribution in [1.82, 2.24) is 5.32 Å². The van der Waals surface area contributed by atoms with E-state index in [0.717, 1.165) is 38.3 Å². The van der Waals surface area contributed by atoms with Crippen LogP contribution in [0.1, 0.15) is 45.4 Å². The van der Waals surface area contributed by atoms with E-state index in [0.29, 0.717) is 17.6 Å². The number of carbonyl (C=O) groups excluding carboxylic acids is 1. The maximum Gasteiger partial charge on any atom is 0.136 e. The molecule has 0 aromatic rings. The maximum absolute atomic E-state index is 12.0. The molecule has 15 heavy (non-hydrogen) atoms. The van der Waals surface area contributed by atoms with Gasteiger partial charge < -0.3 is 5.32 Å². The number of rotatable bonds is 3. The van der Waals surface area contributed by atoms with Crippen molar-refractivity contribution >= 4 is 5.78 Å². The molecule has 2 fully saturated rings. The van der Waals surface area contributed by atoms with Crippen molar-refractivity contribution in [2.24, 2.45) is 17.8 Å². The number of Topliss-reactive ketones (excluding diaryl/α,β-unsaturated/α-hetero) is 1. The van der Waals surface area contributed by atoms with Crippen LogP contribution in [-0.4, -0.2) is 18.9 Å². The van der Waals surface area contributed by atoms with E-state index in [4.69, 9.17) is 0 Å². The van der Waals surface area contributed by atoms with E-state index in [9.17, 15) is 4.79 Å². The summed E-state index contributed by atoms with van der Waals surface area (Å²) in [4.78, 5) is 12.0. The Hall–Kier alpha value is -0.370. The van der Waals surface area contributed by atoms with Gasteiger partial charge in [-0.2, -0.15) is 0 Å². The van der Waals surface area contributed by atoms with Crippen LogP contribution in [0.4, 0.5) is 0 Å². The minimum Gasteiger partial charge on any atom is -0.316 e. The monoisotopic (exact) mass is 209 g/mol. The van der Waals surface area contributed by atoms with Crippen molar-refractivity contribution in [3.63, 3.8) is 0 Å². The van der Waals surface area contributed by atoms with Gasteiger partial charge in [-0.1, -0.05) is 19.8 Å². The average molecular weight is 209 g/mol. The first-order valence-electron chi connectivity index (χ1n) is 6.49. The Morgan fingerprint density at radius 2 is 1.93 bits per heavy atom. The van der Waals surface area contributed by atoms with Crippen LogP contribution < -0.4 is 5.32 Å². The highest BCUT2D eigenvalue weighted by Gasteiger charge is 2.27. The summed E-state index contributed by atoms with van der Waals surface area (Å²) in [6, 6.07) is 0. The molecule has 2 heteroatoms. The number of ketones is 1. The van der Waals surface area contributed by atoms with Gasteiger partial charge in [0.25, 0.3) is 0 Å². The van der Waals surface area contributed by atoms with Gasteiger partial charge >= 0.3 is 0 Å². The van der Waals surface area contributed by atoms with E-state index in [-0.39, 0.29) is 0 Å². The zero-order chi connectivity index (χ0) is 10.7. The van der Waals surface area contributed by atoms with Crippen LogP contribution in [0.15, 0.2) is 0 Å². The molecular formula is C13H23NO. The molecular weight excluding hydrogens is 186 g/mol. The molecule has 86 valence electrons. The van der Waals surface area contributed by atoms with E-state index in [2.05, 4.69) is 12.2 Å². The van der Waals surface area contributed by atoms with Gasteiger partial charge in [0, 0.05) is 12.3 Å². The summed E-state index contributed by atoms with van der Waals surface area (Å²) >= 11 is 0. The quantitative estimate of drug-likeness (QED) is 0.773. The fourth-order valence-electron chi connectivity index (χ4n) is 2.92.